The van der Waals surface area contributed by atoms with Crippen LogP contribution in [0, 0.1) is 0 Å². The quantitative estimate of drug-likeness (QED) is 0.229. The summed E-state index contributed by atoms with van der Waals surface area (Å²) in [5, 5.41) is 0. The largest absolute Gasteiger partial charge is 0.460 e. The van der Waals surface area contributed by atoms with Gasteiger partial charge in [-0.2, -0.15) is 9.48 Å². The van der Waals surface area contributed by atoms with Crippen molar-refractivity contribution in [1.29, 1.82) is 0 Å². The van der Waals surface area contributed by atoms with Crippen LogP contribution in [-0.2, 0) is 19.1 Å². The summed E-state index contributed by atoms with van der Waals surface area (Å²) in [6.07, 6.45) is 0. The third-order valence-corrected chi connectivity index (χ3v) is 2.99. The number of hydroxylamine groups is 3. The summed E-state index contributed by atoms with van der Waals surface area (Å²) in [7, 11) is 5.42. The van der Waals surface area contributed by atoms with Crippen molar-refractivity contribution in [3.8, 4) is 0 Å². The number of rotatable bonds is 7. The minimum Gasteiger partial charge on any atom is -0.460 e. The van der Waals surface area contributed by atoms with Crippen molar-refractivity contribution in [1.82, 2.24) is 0 Å². The first-order valence-corrected chi connectivity index (χ1v) is 5.94. The summed E-state index contributed by atoms with van der Waals surface area (Å²) in [6, 6.07) is 0. The fourth-order valence-electron chi connectivity index (χ4n) is 0.812. The van der Waals surface area contributed by atoms with E-state index in [1.54, 1.807) is 7.11 Å². The van der Waals surface area contributed by atoms with Crippen LogP contribution in [0.4, 0.5) is 0 Å². The van der Waals surface area contributed by atoms with E-state index < -0.39 is 5.97 Å². The smallest absolute Gasteiger partial charge is 0.336 e. The number of quaternary nitrogens is 1. The van der Waals surface area contributed by atoms with Gasteiger partial charge in [0.1, 0.15) is 18.8 Å². The maximum absolute atomic E-state index is 11.5. The van der Waals surface area contributed by atoms with Crippen LogP contribution in [0.25, 0.3) is 0 Å². The van der Waals surface area contributed by atoms with Gasteiger partial charge in [0, 0.05) is 7.11 Å². The van der Waals surface area contributed by atoms with E-state index in [1.165, 1.54) is 0 Å². The molecule has 106 valence electrons. The topological polar surface area (TPSA) is 44.8 Å². The molecule has 0 aliphatic carbocycles. The Morgan fingerprint density at radius 3 is 2.22 bits per heavy atom. The Kier molecular flexibility index (Phi) is 6.52. The highest BCUT2D eigenvalue weighted by Gasteiger charge is 2.34. The molecule has 0 N–H and O–H groups in total. The Hall–Kier alpha value is -0.910. The summed E-state index contributed by atoms with van der Waals surface area (Å²) < 4.78 is 10.1. The zero-order valence-electron chi connectivity index (χ0n) is 12.4. The first-order valence-electron chi connectivity index (χ1n) is 5.94. The maximum atomic E-state index is 11.5. The Balaban J connectivity index is 4.14. The van der Waals surface area contributed by atoms with Gasteiger partial charge < -0.3 is 9.47 Å². The molecular weight excluding hydrogens is 234 g/mol. The first kappa shape index (κ1) is 17.1. The predicted molar refractivity (Wildman–Crippen MR) is 69.8 cm³/mol. The molecular formula is C13H26NO4+. The van der Waals surface area contributed by atoms with Gasteiger partial charge in [-0.15, -0.1) is 0 Å². The van der Waals surface area contributed by atoms with Crippen molar-refractivity contribution in [2.75, 3.05) is 41.0 Å². The van der Waals surface area contributed by atoms with Crippen LogP contribution in [0.15, 0.2) is 12.2 Å². The fourth-order valence-corrected chi connectivity index (χ4v) is 0.812. The van der Waals surface area contributed by atoms with Gasteiger partial charge in [-0.3, -0.25) is 0 Å². The molecule has 0 saturated carbocycles. The Labute approximate surface area is 110 Å². The molecule has 0 fully saturated rings. The molecule has 0 amide bonds. The van der Waals surface area contributed by atoms with Gasteiger partial charge in [-0.1, -0.05) is 6.58 Å². The molecule has 0 spiro atoms. The summed E-state index contributed by atoms with van der Waals surface area (Å²) >= 11 is 0. The lowest BCUT2D eigenvalue weighted by molar-refractivity contribution is -1.11. The number of nitrogens with zero attached hydrogens (tertiary/aromatic N) is 1. The highest BCUT2D eigenvalue weighted by Crippen LogP contribution is 2.20. The first-order chi connectivity index (χ1) is 8.12. The molecule has 0 bridgehead atoms. The lowest BCUT2D eigenvalue weighted by Gasteiger charge is -2.39. The van der Waals surface area contributed by atoms with Gasteiger partial charge in [-0.25, -0.2) is 4.79 Å². The zero-order chi connectivity index (χ0) is 14.4. The van der Waals surface area contributed by atoms with Gasteiger partial charge in [-0.05, 0) is 20.8 Å². The fraction of sp³-hybridized carbons (Fsp3) is 0.769. The molecule has 0 saturated heterocycles. The molecule has 0 aromatic rings. The third-order valence-electron chi connectivity index (χ3n) is 2.99. The third kappa shape index (κ3) is 5.62. The average Bonchev–Trinajstić information content (AvgIpc) is 2.24. The lowest BCUT2D eigenvalue weighted by atomic mass is 10.1. The van der Waals surface area contributed by atoms with Gasteiger partial charge in [0.25, 0.3) is 0 Å². The van der Waals surface area contributed by atoms with Crippen LogP contribution in [0.2, 0.25) is 0 Å². The van der Waals surface area contributed by atoms with Crippen LogP contribution < -0.4 is 0 Å². The molecule has 0 unspecified atom stereocenters. The molecule has 0 heterocycles. The Morgan fingerprint density at radius 1 is 1.22 bits per heavy atom. The van der Waals surface area contributed by atoms with E-state index >= 15 is 0 Å². The van der Waals surface area contributed by atoms with Crippen LogP contribution in [0.3, 0.4) is 0 Å². The van der Waals surface area contributed by atoms with Crippen molar-refractivity contribution < 1.29 is 23.8 Å². The van der Waals surface area contributed by atoms with E-state index in [4.69, 9.17) is 14.3 Å². The number of hydrogen-bond acceptors (Lipinski definition) is 4. The van der Waals surface area contributed by atoms with Gasteiger partial charge in [0.05, 0.1) is 26.3 Å². The van der Waals surface area contributed by atoms with E-state index in [9.17, 15) is 4.79 Å². The molecule has 5 heteroatoms. The number of methoxy groups -OCH3 is 1. The van der Waals surface area contributed by atoms with Crippen molar-refractivity contribution in [2.45, 2.75) is 26.3 Å². The second-order valence-corrected chi connectivity index (χ2v) is 5.53. The second-order valence-electron chi connectivity index (χ2n) is 5.53. The minimum atomic E-state index is -0.444. The highest BCUT2D eigenvalue weighted by atomic mass is 16.7. The SMILES string of the molecule is C=C(CO[N+](C)(C)C(C)(C)C)C(=O)OCCOC. The molecule has 0 aromatic heterocycles. The molecule has 0 atom stereocenters. The van der Waals surface area contributed by atoms with Crippen molar-refractivity contribution >= 4 is 5.97 Å². The lowest BCUT2D eigenvalue weighted by Crippen LogP contribution is -2.54. The van der Waals surface area contributed by atoms with Gasteiger partial charge >= 0.3 is 5.97 Å². The van der Waals surface area contributed by atoms with E-state index in [1.807, 2.05) is 14.1 Å². The molecule has 18 heavy (non-hydrogen) atoms. The normalized spacial score (nSPS) is 12.3. The second kappa shape index (κ2) is 6.87. The standard InChI is InChI=1S/C13H26NO4/c1-11(12(15)17-9-8-16-7)10-18-14(5,6)13(2,3)4/h1,8-10H2,2-7H3/q+1. The molecule has 0 aromatic carbocycles. The zero-order valence-corrected chi connectivity index (χ0v) is 12.4. The van der Waals surface area contributed by atoms with E-state index in [-0.39, 0.29) is 18.8 Å². The predicted octanol–water partition coefficient (Wildman–Crippen LogP) is 1.54. The van der Waals surface area contributed by atoms with Gasteiger partial charge in [0.15, 0.2) is 0 Å². The molecule has 5 nitrogen and oxygen atoms in total. The highest BCUT2D eigenvalue weighted by molar-refractivity contribution is 5.87. The van der Waals surface area contributed by atoms with E-state index in [0.717, 1.165) is 0 Å². The van der Waals surface area contributed by atoms with Crippen LogP contribution in [0.1, 0.15) is 20.8 Å². The number of carbonyl (C=O) groups excluding carboxylic acids is 1. The monoisotopic (exact) mass is 260 g/mol. The van der Waals surface area contributed by atoms with Crippen LogP contribution in [0.5, 0.6) is 0 Å². The molecule has 0 radical (unpaired) electrons. The molecule has 0 aliphatic heterocycles. The van der Waals surface area contributed by atoms with E-state index in [0.29, 0.717) is 16.8 Å². The number of hydrogen-bond donors (Lipinski definition) is 0. The Morgan fingerprint density at radius 2 is 1.78 bits per heavy atom. The summed E-state index contributed by atoms with van der Waals surface area (Å²) in [4.78, 5) is 17.2. The minimum absolute atomic E-state index is 0.0831. The van der Waals surface area contributed by atoms with Crippen molar-refractivity contribution in [3.05, 3.63) is 12.2 Å². The summed E-state index contributed by atoms with van der Waals surface area (Å²) in [5.41, 5.74) is 0.224. The van der Waals surface area contributed by atoms with E-state index in [2.05, 4.69) is 27.4 Å². The number of esters is 1. The van der Waals surface area contributed by atoms with Crippen LogP contribution >= 0.6 is 0 Å². The average molecular weight is 260 g/mol. The Bertz CT molecular complexity index is 292. The van der Waals surface area contributed by atoms with Gasteiger partial charge in [0.2, 0.25) is 0 Å². The summed E-state index contributed by atoms with van der Waals surface area (Å²) in [5.74, 6) is -0.444. The summed E-state index contributed by atoms with van der Waals surface area (Å²) in [6.45, 7) is 10.6. The van der Waals surface area contributed by atoms with Crippen molar-refractivity contribution in [3.63, 3.8) is 0 Å². The maximum Gasteiger partial charge on any atom is 0.336 e. The number of ether oxygens (including phenoxy) is 2. The number of carbonyl (C=O) groups is 1. The molecule has 0 aliphatic rings. The van der Waals surface area contributed by atoms with Crippen LogP contribution in [-0.4, -0.2) is 57.2 Å². The van der Waals surface area contributed by atoms with Crippen molar-refractivity contribution in [2.24, 2.45) is 0 Å². The molecule has 0 rings (SSSR count).